The van der Waals surface area contributed by atoms with Crippen LogP contribution in [-0.4, -0.2) is 52.4 Å². The van der Waals surface area contributed by atoms with Crippen LogP contribution < -0.4 is 9.47 Å². The van der Waals surface area contributed by atoms with Gasteiger partial charge < -0.3 is 19.1 Å². The predicted octanol–water partition coefficient (Wildman–Crippen LogP) is 5.60. The number of halogens is 4. The van der Waals surface area contributed by atoms with Gasteiger partial charge in [-0.15, -0.1) is 19.6 Å². The second-order valence-electron chi connectivity index (χ2n) is 6.71. The molecule has 0 aliphatic heterocycles. The Balaban J connectivity index is 0.000000457. The smallest absolute Gasteiger partial charge is 0.347 e. The monoisotopic (exact) mass is 556 g/mol. The highest BCUT2D eigenvalue weighted by molar-refractivity contribution is 6.53. The number of nitrogens with zero attached hydrogens (tertiary/aromatic N) is 2. The van der Waals surface area contributed by atoms with Gasteiger partial charge in [0.05, 0.1) is 5.02 Å². The number of pyridine rings is 1. The number of esters is 1. The van der Waals surface area contributed by atoms with Gasteiger partial charge in [-0.1, -0.05) is 52.9 Å². The third kappa shape index (κ3) is 11.0. The average molecular weight is 558 g/mol. The molecule has 2 rings (SSSR count). The number of ether oxygens (including phenoxy) is 3. The summed E-state index contributed by atoms with van der Waals surface area (Å²) in [5, 5.41) is 0.175. The first-order valence-corrected chi connectivity index (χ1v) is 11.5. The first-order valence-electron chi connectivity index (χ1n) is 10.3. The molecule has 0 saturated heterocycles. The van der Waals surface area contributed by atoms with E-state index in [1.54, 1.807) is 36.4 Å². The van der Waals surface area contributed by atoms with E-state index in [4.69, 9.17) is 55.4 Å². The summed E-state index contributed by atoms with van der Waals surface area (Å²) in [4.78, 5) is 27.0. The molecule has 11 heteroatoms. The quantitative estimate of drug-likeness (QED) is 0.155. The van der Waals surface area contributed by atoms with Crippen molar-refractivity contribution in [1.82, 2.24) is 9.88 Å². The lowest BCUT2D eigenvalue weighted by Gasteiger charge is -2.19. The van der Waals surface area contributed by atoms with E-state index in [1.807, 2.05) is 0 Å². The molecule has 0 aliphatic rings. The molecule has 1 aromatic heterocycles. The van der Waals surface area contributed by atoms with Crippen LogP contribution in [0.2, 0.25) is 5.02 Å². The maximum absolute atomic E-state index is 13.6. The Morgan fingerprint density at radius 1 is 1.19 bits per heavy atom. The zero-order valence-corrected chi connectivity index (χ0v) is 21.6. The van der Waals surface area contributed by atoms with Gasteiger partial charge in [0.15, 0.2) is 23.4 Å². The fourth-order valence-electron chi connectivity index (χ4n) is 2.36. The van der Waals surface area contributed by atoms with Crippen LogP contribution in [0.5, 0.6) is 17.4 Å². The van der Waals surface area contributed by atoms with E-state index in [0.29, 0.717) is 24.6 Å². The highest BCUT2D eigenvalue weighted by atomic mass is 35.5. The van der Waals surface area contributed by atoms with Gasteiger partial charge in [0, 0.05) is 19.3 Å². The van der Waals surface area contributed by atoms with E-state index >= 15 is 0 Å². The molecular formula is C25H24Cl3FN2O5. The Morgan fingerprint density at radius 2 is 1.78 bits per heavy atom. The molecule has 1 heterocycles. The molecule has 2 aromatic rings. The molecule has 0 unspecified atom stereocenters. The van der Waals surface area contributed by atoms with Crippen LogP contribution in [0.25, 0.3) is 0 Å². The van der Waals surface area contributed by atoms with Crippen molar-refractivity contribution in [2.24, 2.45) is 0 Å². The fourth-order valence-corrected chi connectivity index (χ4v) is 2.78. The van der Waals surface area contributed by atoms with Gasteiger partial charge in [-0.25, -0.2) is 14.2 Å². The number of alkyl halides is 2. The minimum atomic E-state index is -1.01. The van der Waals surface area contributed by atoms with Crippen LogP contribution in [0.4, 0.5) is 4.39 Å². The zero-order valence-electron chi connectivity index (χ0n) is 19.3. The van der Waals surface area contributed by atoms with E-state index in [9.17, 15) is 14.0 Å². The van der Waals surface area contributed by atoms with Crippen molar-refractivity contribution in [3.05, 3.63) is 72.7 Å². The Hall–Kier alpha value is -3.25. The fraction of sp³-hybridized carbons (Fsp3) is 0.240. The van der Waals surface area contributed by atoms with Crippen LogP contribution >= 0.6 is 34.8 Å². The summed E-state index contributed by atoms with van der Waals surface area (Å²) < 4.78 is 29.1. The number of aromatic nitrogens is 1. The van der Waals surface area contributed by atoms with Crippen molar-refractivity contribution in [3.8, 4) is 29.7 Å². The lowest BCUT2D eigenvalue weighted by atomic mass is 10.3. The SMILES string of the molecule is C#CCOC(=O)[C@@H](C)Oc1ccc(Oc2ncc(Cl)cc2F)cc1.C=CCN(CC=C)C(=O)C(Cl)Cl. The molecule has 7 nitrogen and oxygen atoms in total. The number of hydrogen-bond acceptors (Lipinski definition) is 6. The Bertz CT molecular complexity index is 1060. The van der Waals surface area contributed by atoms with Gasteiger partial charge >= 0.3 is 5.97 Å². The minimum absolute atomic E-state index is 0.112. The normalized spacial score (nSPS) is 10.7. The lowest BCUT2D eigenvalue weighted by molar-refractivity contribution is -0.149. The first-order chi connectivity index (χ1) is 17.1. The number of carbonyl (C=O) groups is 2. The summed E-state index contributed by atoms with van der Waals surface area (Å²) in [6, 6.07) is 7.32. The summed E-state index contributed by atoms with van der Waals surface area (Å²) in [5.74, 6) is 1.20. The largest absolute Gasteiger partial charge is 0.479 e. The highest BCUT2D eigenvalue weighted by Crippen LogP contribution is 2.26. The summed E-state index contributed by atoms with van der Waals surface area (Å²) in [7, 11) is 0. The minimum Gasteiger partial charge on any atom is -0.479 e. The predicted molar refractivity (Wildman–Crippen MR) is 138 cm³/mol. The number of rotatable bonds is 11. The van der Waals surface area contributed by atoms with Crippen LogP contribution in [0.3, 0.4) is 0 Å². The number of terminal acetylenes is 1. The molecule has 0 spiro atoms. The van der Waals surface area contributed by atoms with Crippen LogP contribution in [0.15, 0.2) is 61.8 Å². The zero-order chi connectivity index (χ0) is 27.1. The Kier molecular flexibility index (Phi) is 14.0. The van der Waals surface area contributed by atoms with Gasteiger partial charge in [-0.2, -0.15) is 0 Å². The van der Waals surface area contributed by atoms with E-state index in [1.165, 1.54) is 18.0 Å². The molecule has 0 saturated carbocycles. The van der Waals surface area contributed by atoms with Crippen LogP contribution in [0.1, 0.15) is 6.92 Å². The molecular weight excluding hydrogens is 534 g/mol. The van der Waals surface area contributed by atoms with Crippen molar-refractivity contribution in [2.75, 3.05) is 19.7 Å². The van der Waals surface area contributed by atoms with Crippen molar-refractivity contribution < 1.29 is 28.2 Å². The molecule has 0 fully saturated rings. The molecule has 0 N–H and O–H groups in total. The Labute approximate surface area is 224 Å². The second kappa shape index (κ2) is 16.4. The van der Waals surface area contributed by atoms with Crippen molar-refractivity contribution in [2.45, 2.75) is 17.9 Å². The van der Waals surface area contributed by atoms with E-state index in [-0.39, 0.29) is 23.4 Å². The number of benzene rings is 1. The lowest BCUT2D eigenvalue weighted by Crippen LogP contribution is -2.35. The third-order valence-electron chi connectivity index (χ3n) is 3.95. The van der Waals surface area contributed by atoms with E-state index < -0.39 is 22.7 Å². The van der Waals surface area contributed by atoms with Gasteiger partial charge in [-0.05, 0) is 37.3 Å². The second-order valence-corrected chi connectivity index (χ2v) is 8.24. The molecule has 1 amide bonds. The van der Waals surface area contributed by atoms with Gasteiger partial charge in [-0.3, -0.25) is 4.79 Å². The molecule has 0 radical (unpaired) electrons. The van der Waals surface area contributed by atoms with Gasteiger partial charge in [0.25, 0.3) is 11.8 Å². The molecule has 36 heavy (non-hydrogen) atoms. The highest BCUT2D eigenvalue weighted by Gasteiger charge is 2.18. The summed E-state index contributed by atoms with van der Waals surface area (Å²) in [5.41, 5.74) is 0. The standard InChI is InChI=1S/C17H13ClFNO4.C8H11Cl2NO/c1-3-8-22-17(21)11(2)23-13-4-6-14(7-5-13)24-16-15(19)9-12(18)10-20-16;1-3-5-11(6-4-2)8(12)7(9)10/h1,4-7,9-11H,8H2,2H3;3-4,7H,1-2,5-6H2/t11-;/m1./s1. The summed E-state index contributed by atoms with van der Waals surface area (Å²) in [6.45, 7) is 9.31. The van der Waals surface area contributed by atoms with Gasteiger partial charge in [0.2, 0.25) is 0 Å². The number of amides is 1. The molecule has 1 aromatic carbocycles. The van der Waals surface area contributed by atoms with Crippen LogP contribution in [-0.2, 0) is 14.3 Å². The molecule has 1 atom stereocenters. The van der Waals surface area contributed by atoms with Crippen molar-refractivity contribution >= 4 is 46.7 Å². The van der Waals surface area contributed by atoms with E-state index in [0.717, 1.165) is 6.07 Å². The summed E-state index contributed by atoms with van der Waals surface area (Å²) >= 11 is 16.4. The topological polar surface area (TPSA) is 78.0 Å². The number of hydrogen-bond donors (Lipinski definition) is 0. The number of carbonyl (C=O) groups excluding carboxylic acids is 2. The summed E-state index contributed by atoms with van der Waals surface area (Å²) in [6.07, 6.45) is 8.68. The first kappa shape index (κ1) is 30.8. The van der Waals surface area contributed by atoms with Gasteiger partial charge in [0.1, 0.15) is 11.5 Å². The van der Waals surface area contributed by atoms with Crippen LogP contribution in [0, 0.1) is 18.2 Å². The third-order valence-corrected chi connectivity index (χ3v) is 4.53. The average Bonchev–Trinajstić information content (AvgIpc) is 2.85. The van der Waals surface area contributed by atoms with Crippen molar-refractivity contribution in [3.63, 3.8) is 0 Å². The molecule has 0 aliphatic carbocycles. The van der Waals surface area contributed by atoms with Crippen molar-refractivity contribution in [1.29, 1.82) is 0 Å². The van der Waals surface area contributed by atoms with E-state index in [2.05, 4.69) is 24.1 Å². The Morgan fingerprint density at radius 3 is 2.28 bits per heavy atom. The maximum atomic E-state index is 13.6. The maximum Gasteiger partial charge on any atom is 0.347 e. The molecule has 192 valence electrons. The molecule has 0 bridgehead atoms.